The lowest BCUT2D eigenvalue weighted by Crippen LogP contribution is -2.21. The fourth-order valence-electron chi connectivity index (χ4n) is 3.52. The number of nitrogens with zero attached hydrogens (tertiary/aromatic N) is 3. The van der Waals surface area contributed by atoms with E-state index in [1.54, 1.807) is 6.33 Å². The highest BCUT2D eigenvalue weighted by Crippen LogP contribution is 2.36. The molecule has 1 aliphatic heterocycles. The Morgan fingerprint density at radius 1 is 1.14 bits per heavy atom. The first kappa shape index (κ1) is 18.3. The first-order valence-corrected chi connectivity index (χ1v) is 9.99. The molecule has 0 aliphatic carbocycles. The largest absolute Gasteiger partial charge is 0.385 e. The molecule has 6 heteroatoms. The highest BCUT2D eigenvalue weighted by molar-refractivity contribution is 5.97. The van der Waals surface area contributed by atoms with Crippen molar-refractivity contribution in [2.24, 2.45) is 5.92 Å². The van der Waals surface area contributed by atoms with Crippen molar-refractivity contribution in [1.29, 1.82) is 0 Å². The molecule has 4 rings (SSSR count). The summed E-state index contributed by atoms with van der Waals surface area (Å²) in [7, 11) is 0. The predicted octanol–water partition coefficient (Wildman–Crippen LogP) is 4.52. The van der Waals surface area contributed by atoms with E-state index in [2.05, 4.69) is 88.0 Å². The van der Waals surface area contributed by atoms with Gasteiger partial charge in [0, 0.05) is 30.7 Å². The van der Waals surface area contributed by atoms with Gasteiger partial charge in [-0.1, -0.05) is 32.0 Å². The summed E-state index contributed by atoms with van der Waals surface area (Å²) in [5.74, 6) is 1.47. The Bertz CT molecular complexity index is 968. The van der Waals surface area contributed by atoms with E-state index in [1.807, 2.05) is 0 Å². The van der Waals surface area contributed by atoms with Gasteiger partial charge in [0.15, 0.2) is 0 Å². The summed E-state index contributed by atoms with van der Waals surface area (Å²) in [6, 6.07) is 12.7. The van der Waals surface area contributed by atoms with Crippen LogP contribution in [0.3, 0.4) is 0 Å². The first-order chi connectivity index (χ1) is 13.7. The second kappa shape index (κ2) is 7.92. The zero-order valence-electron chi connectivity index (χ0n) is 16.8. The first-order valence-electron chi connectivity index (χ1n) is 9.99. The van der Waals surface area contributed by atoms with Crippen LogP contribution in [0, 0.1) is 5.92 Å². The number of fused-ring (bicyclic) bond motifs is 2. The van der Waals surface area contributed by atoms with E-state index in [0.717, 1.165) is 42.2 Å². The van der Waals surface area contributed by atoms with E-state index in [0.29, 0.717) is 12.5 Å². The van der Waals surface area contributed by atoms with E-state index in [-0.39, 0.29) is 0 Å². The summed E-state index contributed by atoms with van der Waals surface area (Å²) in [5.41, 5.74) is 5.72. The van der Waals surface area contributed by atoms with Gasteiger partial charge in [0.2, 0.25) is 0 Å². The maximum atomic E-state index is 4.51. The van der Waals surface area contributed by atoms with Crippen LogP contribution in [0.4, 0.5) is 22.9 Å². The van der Waals surface area contributed by atoms with E-state index < -0.39 is 0 Å². The zero-order valence-corrected chi connectivity index (χ0v) is 16.8. The Morgan fingerprint density at radius 2 is 2.00 bits per heavy atom. The minimum absolute atomic E-state index is 0.601. The number of hydrogen-bond donors (Lipinski definition) is 3. The topological polar surface area (TPSA) is 65.1 Å². The number of aromatic nitrogens is 2. The van der Waals surface area contributed by atoms with Crippen LogP contribution < -0.4 is 20.9 Å². The molecule has 6 nitrogen and oxygen atoms in total. The molecular formula is C22H28N6. The van der Waals surface area contributed by atoms with Crippen molar-refractivity contribution in [3.05, 3.63) is 48.3 Å². The normalized spacial score (nSPS) is 12.9. The molecule has 0 unspecified atom stereocenters. The third-order valence-corrected chi connectivity index (χ3v) is 5.10. The van der Waals surface area contributed by atoms with Crippen LogP contribution >= 0.6 is 0 Å². The predicted molar refractivity (Wildman–Crippen MR) is 118 cm³/mol. The molecule has 3 aromatic rings. The standard InChI is InChI=1S/C22H28N6/c1-4-28-14-27-20-9-17-19(10-21(20)28)25-13-26-22(17)24-12-16-7-5-6-8-18(16)23-11-15(2)3/h5-10,13,15,23,27H,4,11-12,14H2,1-3H3,(H,24,25,26). The monoisotopic (exact) mass is 376 g/mol. The van der Waals surface area contributed by atoms with Crippen LogP contribution in [0.25, 0.3) is 10.9 Å². The molecular weight excluding hydrogens is 348 g/mol. The molecule has 0 amide bonds. The lowest BCUT2D eigenvalue weighted by atomic mass is 10.1. The third-order valence-electron chi connectivity index (χ3n) is 5.10. The summed E-state index contributed by atoms with van der Waals surface area (Å²) in [4.78, 5) is 11.3. The third kappa shape index (κ3) is 3.67. The summed E-state index contributed by atoms with van der Waals surface area (Å²) >= 11 is 0. The van der Waals surface area contributed by atoms with E-state index in [9.17, 15) is 0 Å². The van der Waals surface area contributed by atoms with Crippen molar-refractivity contribution in [2.45, 2.75) is 27.3 Å². The highest BCUT2D eigenvalue weighted by atomic mass is 15.3. The van der Waals surface area contributed by atoms with Gasteiger partial charge in [-0.25, -0.2) is 9.97 Å². The zero-order chi connectivity index (χ0) is 19.5. The smallest absolute Gasteiger partial charge is 0.137 e. The van der Waals surface area contributed by atoms with Crippen LogP contribution in [0.5, 0.6) is 0 Å². The van der Waals surface area contributed by atoms with Crippen molar-refractivity contribution < 1.29 is 0 Å². The van der Waals surface area contributed by atoms with Gasteiger partial charge in [-0.2, -0.15) is 0 Å². The van der Waals surface area contributed by atoms with Crippen molar-refractivity contribution in [2.75, 3.05) is 40.6 Å². The van der Waals surface area contributed by atoms with Crippen molar-refractivity contribution in [3.8, 4) is 0 Å². The Balaban J connectivity index is 1.58. The van der Waals surface area contributed by atoms with Gasteiger partial charge in [-0.05, 0) is 36.6 Å². The number of para-hydroxylation sites is 1. The fraction of sp³-hybridized carbons (Fsp3) is 0.364. The maximum Gasteiger partial charge on any atom is 0.137 e. The second-order valence-electron chi connectivity index (χ2n) is 7.59. The second-order valence-corrected chi connectivity index (χ2v) is 7.59. The molecule has 0 bridgehead atoms. The molecule has 0 atom stereocenters. The number of hydrogen-bond acceptors (Lipinski definition) is 6. The molecule has 0 saturated heterocycles. The Morgan fingerprint density at radius 3 is 2.82 bits per heavy atom. The number of anilines is 4. The van der Waals surface area contributed by atoms with Gasteiger partial charge < -0.3 is 20.9 Å². The molecule has 0 saturated carbocycles. The number of benzene rings is 2. The molecule has 0 spiro atoms. The lowest BCUT2D eigenvalue weighted by Gasteiger charge is -2.16. The van der Waals surface area contributed by atoms with Gasteiger partial charge in [0.05, 0.1) is 23.6 Å². The average Bonchev–Trinajstić information content (AvgIpc) is 3.11. The van der Waals surface area contributed by atoms with Crippen molar-refractivity contribution in [3.63, 3.8) is 0 Å². The van der Waals surface area contributed by atoms with Gasteiger partial charge in [-0.15, -0.1) is 0 Å². The van der Waals surface area contributed by atoms with E-state index in [1.165, 1.54) is 16.9 Å². The highest BCUT2D eigenvalue weighted by Gasteiger charge is 2.19. The van der Waals surface area contributed by atoms with Gasteiger partial charge in [0.1, 0.15) is 12.1 Å². The van der Waals surface area contributed by atoms with Crippen LogP contribution in [-0.2, 0) is 6.54 Å². The molecule has 3 N–H and O–H groups in total. The molecule has 2 heterocycles. The Labute approximate surface area is 166 Å². The van der Waals surface area contributed by atoms with E-state index >= 15 is 0 Å². The maximum absolute atomic E-state index is 4.51. The Kier molecular flexibility index (Phi) is 5.19. The lowest BCUT2D eigenvalue weighted by molar-refractivity contribution is 0.688. The van der Waals surface area contributed by atoms with Gasteiger partial charge in [-0.3, -0.25) is 0 Å². The summed E-state index contributed by atoms with van der Waals surface area (Å²) in [6.45, 7) is 10.1. The summed E-state index contributed by atoms with van der Waals surface area (Å²) < 4.78 is 0. The molecule has 0 radical (unpaired) electrons. The average molecular weight is 377 g/mol. The molecule has 0 fully saturated rings. The van der Waals surface area contributed by atoms with Crippen LogP contribution in [0.1, 0.15) is 26.3 Å². The summed E-state index contributed by atoms with van der Waals surface area (Å²) in [6.07, 6.45) is 1.64. The number of rotatable bonds is 7. The molecule has 2 aromatic carbocycles. The molecule has 146 valence electrons. The van der Waals surface area contributed by atoms with Crippen molar-refractivity contribution >= 4 is 33.8 Å². The van der Waals surface area contributed by atoms with E-state index in [4.69, 9.17) is 0 Å². The minimum atomic E-state index is 0.601. The fourth-order valence-corrected chi connectivity index (χ4v) is 3.52. The summed E-state index contributed by atoms with van der Waals surface area (Å²) in [5, 5.41) is 11.6. The molecule has 1 aromatic heterocycles. The quantitative estimate of drug-likeness (QED) is 0.563. The van der Waals surface area contributed by atoms with Crippen LogP contribution in [0.15, 0.2) is 42.7 Å². The van der Waals surface area contributed by atoms with Gasteiger partial charge >= 0.3 is 0 Å². The van der Waals surface area contributed by atoms with Gasteiger partial charge in [0.25, 0.3) is 0 Å². The van der Waals surface area contributed by atoms with Crippen LogP contribution in [0.2, 0.25) is 0 Å². The molecule has 28 heavy (non-hydrogen) atoms. The Hall–Kier alpha value is -3.02. The van der Waals surface area contributed by atoms with Crippen LogP contribution in [-0.4, -0.2) is 29.7 Å². The molecule has 1 aliphatic rings. The minimum Gasteiger partial charge on any atom is -0.385 e. The van der Waals surface area contributed by atoms with Crippen molar-refractivity contribution in [1.82, 2.24) is 9.97 Å². The SMILES string of the molecule is CCN1CNc2cc3c(NCc4ccccc4NCC(C)C)ncnc3cc21. The number of nitrogens with one attached hydrogen (secondary N) is 3.